The van der Waals surface area contributed by atoms with Crippen LogP contribution in [0.15, 0.2) is 21.5 Å². The molecule has 0 aromatic heterocycles. The number of sulfonamides is 1. The van der Waals surface area contributed by atoms with Crippen molar-refractivity contribution < 1.29 is 13.2 Å². The predicted molar refractivity (Wildman–Crippen MR) is 84.8 cm³/mol. The van der Waals surface area contributed by atoms with E-state index in [0.717, 1.165) is 12.8 Å². The molecule has 2 N–H and O–H groups in total. The zero-order valence-electron chi connectivity index (χ0n) is 11.5. The Bertz CT molecular complexity index is 674. The first kappa shape index (κ1) is 16.7. The van der Waals surface area contributed by atoms with E-state index in [1.54, 1.807) is 4.90 Å². The van der Waals surface area contributed by atoms with E-state index in [2.05, 4.69) is 15.9 Å². The zero-order valence-corrected chi connectivity index (χ0v) is 14.6. The quantitative estimate of drug-likeness (QED) is 0.832. The molecule has 1 saturated carbocycles. The highest BCUT2D eigenvalue weighted by molar-refractivity contribution is 9.10. The molecule has 1 aliphatic rings. The van der Waals surface area contributed by atoms with Crippen LogP contribution in [-0.4, -0.2) is 32.3 Å². The third kappa shape index (κ3) is 3.97. The van der Waals surface area contributed by atoms with Gasteiger partial charge in [-0.2, -0.15) is 0 Å². The number of carbonyl (C=O) groups excluding carboxylic acids is 1. The Hall–Kier alpha value is -0.630. The van der Waals surface area contributed by atoms with E-state index in [-0.39, 0.29) is 21.4 Å². The molecule has 8 heteroatoms. The molecule has 1 aromatic carbocycles. The van der Waals surface area contributed by atoms with Crippen LogP contribution >= 0.6 is 27.5 Å². The number of amides is 1. The molecule has 0 heterocycles. The fourth-order valence-electron chi connectivity index (χ4n) is 2.06. The summed E-state index contributed by atoms with van der Waals surface area (Å²) < 4.78 is 23.6. The molecule has 1 fully saturated rings. The van der Waals surface area contributed by atoms with Gasteiger partial charge in [0.2, 0.25) is 10.0 Å². The molecule has 21 heavy (non-hydrogen) atoms. The number of hydrogen-bond acceptors (Lipinski definition) is 3. The molecule has 0 saturated heterocycles. The lowest BCUT2D eigenvalue weighted by molar-refractivity contribution is 0.0757. The molecular formula is C13H16BrClN2O3S. The van der Waals surface area contributed by atoms with Crippen molar-refractivity contribution in [1.82, 2.24) is 4.90 Å². The predicted octanol–water partition coefficient (Wildman–Crippen LogP) is 2.62. The number of nitrogens with zero attached hydrogens (tertiary/aromatic N) is 1. The van der Waals surface area contributed by atoms with Crippen molar-refractivity contribution in [3.63, 3.8) is 0 Å². The molecule has 5 nitrogen and oxygen atoms in total. The van der Waals surface area contributed by atoms with Gasteiger partial charge in [-0.3, -0.25) is 4.79 Å². The van der Waals surface area contributed by atoms with Gasteiger partial charge in [0.1, 0.15) is 4.90 Å². The summed E-state index contributed by atoms with van der Waals surface area (Å²) in [5.41, 5.74) is 0.151. The van der Waals surface area contributed by atoms with E-state index in [9.17, 15) is 13.2 Å². The van der Waals surface area contributed by atoms with Gasteiger partial charge in [0.05, 0.1) is 10.6 Å². The summed E-state index contributed by atoms with van der Waals surface area (Å²) in [4.78, 5) is 14.0. The van der Waals surface area contributed by atoms with Gasteiger partial charge in [-0.05, 0) is 37.8 Å². The van der Waals surface area contributed by atoms with Gasteiger partial charge in [0.25, 0.3) is 5.91 Å². The van der Waals surface area contributed by atoms with Gasteiger partial charge in [0, 0.05) is 17.6 Å². The Morgan fingerprint density at radius 2 is 2.10 bits per heavy atom. The molecule has 0 unspecified atom stereocenters. The largest absolute Gasteiger partial charge is 0.339 e. The third-order valence-corrected chi connectivity index (χ3v) is 5.30. The van der Waals surface area contributed by atoms with Crippen molar-refractivity contribution in [3.8, 4) is 0 Å². The highest BCUT2D eigenvalue weighted by Gasteiger charge is 2.29. The van der Waals surface area contributed by atoms with Gasteiger partial charge in [0.15, 0.2) is 0 Å². The van der Waals surface area contributed by atoms with E-state index >= 15 is 0 Å². The molecular weight excluding hydrogens is 380 g/mol. The van der Waals surface area contributed by atoms with Crippen LogP contribution < -0.4 is 5.14 Å². The molecule has 0 aliphatic heterocycles. The van der Waals surface area contributed by atoms with Crippen molar-refractivity contribution in [2.75, 3.05) is 13.1 Å². The van der Waals surface area contributed by atoms with Crippen LogP contribution in [0.1, 0.15) is 30.1 Å². The summed E-state index contributed by atoms with van der Waals surface area (Å²) in [7, 11) is -3.99. The lowest BCUT2D eigenvalue weighted by Gasteiger charge is -2.22. The molecule has 116 valence electrons. The Morgan fingerprint density at radius 1 is 1.48 bits per heavy atom. The van der Waals surface area contributed by atoms with Gasteiger partial charge in [-0.1, -0.05) is 27.5 Å². The molecule has 1 amide bonds. The summed E-state index contributed by atoms with van der Waals surface area (Å²) in [6.07, 6.45) is 2.25. The molecule has 0 radical (unpaired) electrons. The normalized spacial score (nSPS) is 15.0. The van der Waals surface area contributed by atoms with E-state index in [1.165, 1.54) is 12.1 Å². The van der Waals surface area contributed by atoms with Crippen LogP contribution in [0.4, 0.5) is 0 Å². The van der Waals surface area contributed by atoms with Gasteiger partial charge in [-0.25, -0.2) is 13.6 Å². The molecule has 0 bridgehead atoms. The SMILES string of the molecule is CCN(CC1CC1)C(=O)c1cc(Br)cc(S(N)(=O)=O)c1Cl. The summed E-state index contributed by atoms with van der Waals surface area (Å²) >= 11 is 9.28. The van der Waals surface area contributed by atoms with Crippen LogP contribution in [0.2, 0.25) is 5.02 Å². The Labute approximate surface area is 137 Å². The minimum atomic E-state index is -3.99. The van der Waals surface area contributed by atoms with Crippen molar-refractivity contribution in [2.45, 2.75) is 24.7 Å². The number of carbonyl (C=O) groups is 1. The monoisotopic (exact) mass is 394 g/mol. The lowest BCUT2D eigenvalue weighted by Crippen LogP contribution is -2.33. The number of halogens is 2. The Balaban J connectivity index is 2.42. The molecule has 0 spiro atoms. The van der Waals surface area contributed by atoms with Gasteiger partial charge < -0.3 is 4.90 Å². The number of primary sulfonamides is 1. The van der Waals surface area contributed by atoms with Crippen molar-refractivity contribution >= 4 is 43.5 Å². The second kappa shape index (κ2) is 6.24. The second-order valence-electron chi connectivity index (χ2n) is 5.10. The molecule has 1 aromatic rings. The topological polar surface area (TPSA) is 80.5 Å². The van der Waals surface area contributed by atoms with E-state index in [1.807, 2.05) is 6.92 Å². The summed E-state index contributed by atoms with van der Waals surface area (Å²) in [6, 6.07) is 2.82. The molecule has 2 rings (SSSR count). The standard InChI is InChI=1S/C13H16BrClN2O3S/c1-2-17(7-8-3-4-8)13(18)10-5-9(14)6-11(12(10)15)21(16,19)20/h5-6,8H,2-4,7H2,1H3,(H2,16,19,20). The molecule has 0 atom stereocenters. The van der Waals surface area contributed by atoms with E-state index in [0.29, 0.717) is 23.5 Å². The fourth-order valence-corrected chi connectivity index (χ4v) is 3.84. The first-order valence-electron chi connectivity index (χ1n) is 6.55. The summed E-state index contributed by atoms with van der Waals surface area (Å²) in [5.74, 6) is 0.262. The summed E-state index contributed by atoms with van der Waals surface area (Å²) in [6.45, 7) is 3.10. The average Bonchev–Trinajstić information content (AvgIpc) is 3.20. The lowest BCUT2D eigenvalue weighted by atomic mass is 10.2. The van der Waals surface area contributed by atoms with Crippen LogP contribution in [0.3, 0.4) is 0 Å². The number of nitrogens with two attached hydrogens (primary N) is 1. The zero-order chi connectivity index (χ0) is 15.8. The first-order valence-corrected chi connectivity index (χ1v) is 9.27. The number of hydrogen-bond donors (Lipinski definition) is 1. The van der Waals surface area contributed by atoms with Crippen molar-refractivity contribution in [2.24, 2.45) is 11.1 Å². The van der Waals surface area contributed by atoms with Crippen LogP contribution in [0, 0.1) is 5.92 Å². The van der Waals surface area contributed by atoms with Crippen molar-refractivity contribution in [1.29, 1.82) is 0 Å². The smallest absolute Gasteiger partial charge is 0.255 e. The minimum absolute atomic E-state index is 0.125. The maximum absolute atomic E-state index is 12.6. The van der Waals surface area contributed by atoms with E-state index in [4.69, 9.17) is 16.7 Å². The van der Waals surface area contributed by atoms with Gasteiger partial charge >= 0.3 is 0 Å². The second-order valence-corrected chi connectivity index (χ2v) is 7.92. The first-order chi connectivity index (χ1) is 9.74. The number of benzene rings is 1. The van der Waals surface area contributed by atoms with Crippen molar-refractivity contribution in [3.05, 3.63) is 27.2 Å². The fraction of sp³-hybridized carbons (Fsp3) is 0.462. The third-order valence-electron chi connectivity index (χ3n) is 3.39. The summed E-state index contributed by atoms with van der Waals surface area (Å²) in [5, 5.41) is 5.01. The van der Waals surface area contributed by atoms with Crippen LogP contribution in [0.25, 0.3) is 0 Å². The highest BCUT2D eigenvalue weighted by atomic mass is 79.9. The number of rotatable bonds is 5. The maximum atomic E-state index is 12.6. The van der Waals surface area contributed by atoms with Crippen LogP contribution in [-0.2, 0) is 10.0 Å². The average molecular weight is 396 g/mol. The Morgan fingerprint density at radius 3 is 2.57 bits per heavy atom. The molecule has 1 aliphatic carbocycles. The van der Waals surface area contributed by atoms with E-state index < -0.39 is 10.0 Å². The van der Waals surface area contributed by atoms with Gasteiger partial charge in [-0.15, -0.1) is 0 Å². The highest BCUT2D eigenvalue weighted by Crippen LogP contribution is 2.32. The maximum Gasteiger partial charge on any atom is 0.255 e. The van der Waals surface area contributed by atoms with Crippen LogP contribution in [0.5, 0.6) is 0 Å². The Kier molecular flexibility index (Phi) is 4.97. The minimum Gasteiger partial charge on any atom is -0.339 e.